The van der Waals surface area contributed by atoms with Crippen molar-refractivity contribution in [2.75, 3.05) is 7.05 Å². The Morgan fingerprint density at radius 2 is 1.91 bits per heavy atom. The van der Waals surface area contributed by atoms with Crippen molar-refractivity contribution in [1.82, 2.24) is 4.90 Å². The molecule has 2 aromatic rings. The average Bonchev–Trinajstić information content (AvgIpc) is 2.55. The maximum Gasteiger partial charge on any atom is 0.269 e. The number of non-ortho nitro benzene ring substituents is 1. The highest BCUT2D eigenvalue weighted by Gasteiger charge is 2.22. The molecule has 1 atom stereocenters. The number of nitro benzene ring substituents is 1. The van der Waals surface area contributed by atoms with Crippen LogP contribution in [0.3, 0.4) is 0 Å². The van der Waals surface area contributed by atoms with Crippen molar-refractivity contribution in [3.63, 3.8) is 0 Å². The van der Waals surface area contributed by atoms with Crippen molar-refractivity contribution < 1.29 is 9.72 Å². The Morgan fingerprint density at radius 3 is 2.57 bits per heavy atom. The number of amides is 1. The van der Waals surface area contributed by atoms with Gasteiger partial charge in [0.25, 0.3) is 11.6 Å². The van der Waals surface area contributed by atoms with Gasteiger partial charge in [-0.1, -0.05) is 35.3 Å². The second-order valence-electron chi connectivity index (χ2n) is 5.07. The number of carbonyl (C=O) groups is 1. The zero-order valence-corrected chi connectivity index (χ0v) is 14.0. The number of nitrogens with zero attached hydrogens (tertiary/aromatic N) is 2. The summed E-state index contributed by atoms with van der Waals surface area (Å²) in [5.41, 5.74) is 0.933. The summed E-state index contributed by atoms with van der Waals surface area (Å²) >= 11 is 12.0. The molecule has 0 aliphatic rings. The Morgan fingerprint density at radius 1 is 1.22 bits per heavy atom. The van der Waals surface area contributed by atoms with Gasteiger partial charge < -0.3 is 4.90 Å². The number of hydrogen-bond donors (Lipinski definition) is 0. The predicted molar refractivity (Wildman–Crippen MR) is 90.1 cm³/mol. The third-order valence-electron chi connectivity index (χ3n) is 3.62. The molecule has 0 spiro atoms. The van der Waals surface area contributed by atoms with Gasteiger partial charge in [0.2, 0.25) is 0 Å². The summed E-state index contributed by atoms with van der Waals surface area (Å²) in [5.74, 6) is -0.309. The largest absolute Gasteiger partial charge is 0.335 e. The Balaban J connectivity index is 2.30. The molecule has 0 saturated heterocycles. The molecule has 0 aliphatic carbocycles. The smallest absolute Gasteiger partial charge is 0.269 e. The van der Waals surface area contributed by atoms with E-state index in [0.29, 0.717) is 21.2 Å². The van der Waals surface area contributed by atoms with Gasteiger partial charge in [0.1, 0.15) is 0 Å². The summed E-state index contributed by atoms with van der Waals surface area (Å²) in [7, 11) is 1.61. The van der Waals surface area contributed by atoms with E-state index in [1.807, 2.05) is 0 Å². The number of halogens is 2. The summed E-state index contributed by atoms with van der Waals surface area (Å²) in [5, 5.41) is 11.6. The molecule has 120 valence electrons. The summed E-state index contributed by atoms with van der Waals surface area (Å²) < 4.78 is 0. The van der Waals surface area contributed by atoms with Crippen LogP contribution in [0.25, 0.3) is 0 Å². The maximum atomic E-state index is 12.6. The van der Waals surface area contributed by atoms with Gasteiger partial charge in [-0.2, -0.15) is 0 Å². The summed E-state index contributed by atoms with van der Waals surface area (Å²) in [6.07, 6.45) is 0. The first-order chi connectivity index (χ1) is 10.8. The van der Waals surface area contributed by atoms with Crippen LogP contribution in [0.4, 0.5) is 5.69 Å². The van der Waals surface area contributed by atoms with Crippen molar-refractivity contribution in [3.05, 3.63) is 73.8 Å². The quantitative estimate of drug-likeness (QED) is 0.589. The third-order valence-corrected chi connectivity index (χ3v) is 4.19. The second-order valence-corrected chi connectivity index (χ2v) is 5.91. The molecule has 0 aliphatic heterocycles. The van der Waals surface area contributed by atoms with E-state index in [1.165, 1.54) is 23.1 Å². The van der Waals surface area contributed by atoms with E-state index in [-0.39, 0.29) is 17.6 Å². The Kier molecular flexibility index (Phi) is 5.23. The molecular formula is C16H14Cl2N2O3. The minimum absolute atomic E-state index is 0.0176. The first-order valence-electron chi connectivity index (χ1n) is 6.78. The Labute approximate surface area is 143 Å². The lowest BCUT2D eigenvalue weighted by atomic mass is 10.1. The van der Waals surface area contributed by atoms with E-state index in [1.54, 1.807) is 38.2 Å². The third kappa shape index (κ3) is 3.81. The number of carbonyl (C=O) groups excluding carboxylic acids is 1. The molecule has 2 aromatic carbocycles. The number of benzene rings is 2. The summed E-state index contributed by atoms with van der Waals surface area (Å²) in [4.78, 5) is 24.5. The Hall–Kier alpha value is -2.11. The van der Waals surface area contributed by atoms with E-state index < -0.39 is 4.92 Å². The number of rotatable bonds is 4. The van der Waals surface area contributed by atoms with Crippen LogP contribution in [0.2, 0.25) is 10.0 Å². The monoisotopic (exact) mass is 352 g/mol. The van der Waals surface area contributed by atoms with Crippen LogP contribution in [-0.4, -0.2) is 22.8 Å². The molecule has 0 fully saturated rings. The summed E-state index contributed by atoms with van der Waals surface area (Å²) in [6.45, 7) is 1.79. The predicted octanol–water partition coefficient (Wildman–Crippen LogP) is 4.73. The average molecular weight is 353 g/mol. The molecule has 7 heteroatoms. The van der Waals surface area contributed by atoms with Gasteiger partial charge in [-0.3, -0.25) is 14.9 Å². The molecule has 0 heterocycles. The van der Waals surface area contributed by atoms with Crippen molar-refractivity contribution in [2.45, 2.75) is 13.0 Å². The van der Waals surface area contributed by atoms with Crippen LogP contribution in [0, 0.1) is 10.1 Å². The molecular weight excluding hydrogens is 339 g/mol. The fourth-order valence-corrected chi connectivity index (χ4v) is 2.52. The van der Waals surface area contributed by atoms with Crippen LogP contribution >= 0.6 is 23.2 Å². The van der Waals surface area contributed by atoms with Crippen molar-refractivity contribution >= 4 is 34.8 Å². The zero-order chi connectivity index (χ0) is 17.1. The van der Waals surface area contributed by atoms with E-state index in [0.717, 1.165) is 0 Å². The second kappa shape index (κ2) is 6.98. The fraction of sp³-hybridized carbons (Fsp3) is 0.188. The maximum absolute atomic E-state index is 12.6. The lowest BCUT2D eigenvalue weighted by Gasteiger charge is -2.25. The lowest BCUT2D eigenvalue weighted by Crippen LogP contribution is -2.29. The van der Waals surface area contributed by atoms with Crippen LogP contribution in [0.15, 0.2) is 42.5 Å². The van der Waals surface area contributed by atoms with Crippen LogP contribution in [-0.2, 0) is 0 Å². The van der Waals surface area contributed by atoms with Crippen molar-refractivity contribution in [2.24, 2.45) is 0 Å². The molecule has 5 nitrogen and oxygen atoms in total. The van der Waals surface area contributed by atoms with Gasteiger partial charge in [0.05, 0.1) is 21.6 Å². The molecule has 0 bridgehead atoms. The fourth-order valence-electron chi connectivity index (χ4n) is 2.15. The van der Waals surface area contributed by atoms with Gasteiger partial charge >= 0.3 is 0 Å². The standard InChI is InChI=1S/C16H14Cl2N2O3/c1-10(11-4-3-5-13(8-11)20(22)23)19(2)16(21)14-9-12(17)6-7-15(14)18/h3-10H,1-2H3. The molecule has 0 saturated carbocycles. The van der Waals surface area contributed by atoms with E-state index >= 15 is 0 Å². The highest BCUT2D eigenvalue weighted by Crippen LogP contribution is 2.27. The van der Waals surface area contributed by atoms with E-state index in [9.17, 15) is 14.9 Å². The minimum atomic E-state index is -0.466. The Bertz CT molecular complexity index is 765. The van der Waals surface area contributed by atoms with Gasteiger partial charge in [0.15, 0.2) is 0 Å². The molecule has 2 rings (SSSR count). The normalized spacial score (nSPS) is 11.8. The molecule has 0 N–H and O–H groups in total. The molecule has 1 unspecified atom stereocenters. The molecule has 23 heavy (non-hydrogen) atoms. The zero-order valence-electron chi connectivity index (χ0n) is 12.5. The SMILES string of the molecule is CC(c1cccc([N+](=O)[O-])c1)N(C)C(=O)c1cc(Cl)ccc1Cl. The highest BCUT2D eigenvalue weighted by atomic mass is 35.5. The summed E-state index contributed by atoms with van der Waals surface area (Å²) in [6, 6.07) is 10.5. The topological polar surface area (TPSA) is 63.5 Å². The van der Waals surface area contributed by atoms with Gasteiger partial charge in [-0.25, -0.2) is 0 Å². The minimum Gasteiger partial charge on any atom is -0.335 e. The first-order valence-corrected chi connectivity index (χ1v) is 7.53. The van der Waals surface area contributed by atoms with Crippen LogP contribution < -0.4 is 0 Å². The van der Waals surface area contributed by atoms with Gasteiger partial charge in [-0.05, 0) is 30.7 Å². The lowest BCUT2D eigenvalue weighted by molar-refractivity contribution is -0.384. The van der Waals surface area contributed by atoms with Gasteiger partial charge in [-0.15, -0.1) is 0 Å². The van der Waals surface area contributed by atoms with E-state index in [2.05, 4.69) is 0 Å². The molecule has 0 radical (unpaired) electrons. The van der Waals surface area contributed by atoms with Crippen molar-refractivity contribution in [3.8, 4) is 0 Å². The van der Waals surface area contributed by atoms with Crippen molar-refractivity contribution in [1.29, 1.82) is 0 Å². The first kappa shape index (κ1) is 17.2. The van der Waals surface area contributed by atoms with Gasteiger partial charge in [0, 0.05) is 24.2 Å². The van der Waals surface area contributed by atoms with E-state index in [4.69, 9.17) is 23.2 Å². The molecule has 0 aromatic heterocycles. The number of nitro groups is 1. The molecule has 1 amide bonds. The van der Waals surface area contributed by atoms with Crippen LogP contribution in [0.5, 0.6) is 0 Å². The highest BCUT2D eigenvalue weighted by molar-refractivity contribution is 6.35. The van der Waals surface area contributed by atoms with Crippen LogP contribution in [0.1, 0.15) is 28.9 Å². The number of hydrogen-bond acceptors (Lipinski definition) is 3.